The molecule has 0 radical (unpaired) electrons. The molecule has 1 aliphatic heterocycles. The van der Waals surface area contributed by atoms with Gasteiger partial charge in [-0.1, -0.05) is 13.8 Å². The molecule has 1 saturated heterocycles. The van der Waals surface area contributed by atoms with E-state index in [1.807, 2.05) is 20.8 Å². The van der Waals surface area contributed by atoms with Gasteiger partial charge in [0.2, 0.25) is 0 Å². The molecule has 1 fully saturated rings. The Kier molecular flexibility index (Phi) is 8.24. The van der Waals surface area contributed by atoms with Crippen molar-refractivity contribution in [3.8, 4) is 0 Å². The third-order valence-electron chi connectivity index (χ3n) is 3.45. The number of hydrogen-bond donors (Lipinski definition) is 0. The van der Waals surface area contributed by atoms with Crippen LogP contribution in [-0.4, -0.2) is 54.0 Å². The minimum atomic E-state index is -2.70. The van der Waals surface area contributed by atoms with Gasteiger partial charge in [-0.2, -0.15) is 0 Å². The second kappa shape index (κ2) is 9.12. The molecule has 1 rings (SSSR count). The summed E-state index contributed by atoms with van der Waals surface area (Å²) < 4.78 is 29.1. The van der Waals surface area contributed by atoms with E-state index >= 15 is 0 Å². The first-order chi connectivity index (χ1) is 9.63. The van der Waals surface area contributed by atoms with E-state index in [-0.39, 0.29) is 17.7 Å². The Labute approximate surface area is 124 Å². The number of ether oxygens (including phenoxy) is 2. The van der Waals surface area contributed by atoms with Crippen molar-refractivity contribution < 1.29 is 22.8 Å². The van der Waals surface area contributed by atoms with Crippen LogP contribution in [0, 0.1) is 0 Å². The Bertz CT molecular complexity index is 243. The molecule has 0 N–H and O–H groups in total. The van der Waals surface area contributed by atoms with E-state index in [2.05, 4.69) is 13.8 Å². The van der Waals surface area contributed by atoms with Crippen LogP contribution in [0.5, 0.6) is 0 Å². The average molecular weight is 306 g/mol. The van der Waals surface area contributed by atoms with Gasteiger partial charge in [-0.05, 0) is 27.2 Å². The summed E-state index contributed by atoms with van der Waals surface area (Å²) in [7, 11) is -2.70. The zero-order valence-electron chi connectivity index (χ0n) is 13.5. The summed E-state index contributed by atoms with van der Waals surface area (Å²) in [5, 5.41) is 0. The topological polar surface area (TPSA) is 49.5 Å². The third kappa shape index (κ3) is 5.09. The molecular weight excluding hydrogens is 276 g/mol. The van der Waals surface area contributed by atoms with E-state index in [1.165, 1.54) is 0 Å². The van der Waals surface area contributed by atoms with Gasteiger partial charge in [0.25, 0.3) is 0 Å². The van der Waals surface area contributed by atoms with Gasteiger partial charge in [0.05, 0.1) is 24.9 Å². The normalized spacial score (nSPS) is 21.8. The first kappa shape index (κ1) is 18.1. The maximum Gasteiger partial charge on any atom is 0.506 e. The largest absolute Gasteiger partial charge is 0.506 e. The number of rotatable bonds is 12. The molecular formula is C14H30O5Si. The lowest BCUT2D eigenvalue weighted by Gasteiger charge is -2.37. The first-order valence-corrected chi connectivity index (χ1v) is 9.58. The van der Waals surface area contributed by atoms with E-state index in [0.717, 1.165) is 13.0 Å². The van der Waals surface area contributed by atoms with E-state index in [0.29, 0.717) is 26.4 Å². The van der Waals surface area contributed by atoms with Crippen LogP contribution in [0.3, 0.4) is 0 Å². The van der Waals surface area contributed by atoms with Gasteiger partial charge in [-0.15, -0.1) is 0 Å². The quantitative estimate of drug-likeness (QED) is 0.410. The maximum absolute atomic E-state index is 5.99. The Morgan fingerprint density at radius 1 is 1.05 bits per heavy atom. The lowest BCUT2D eigenvalue weighted by atomic mass is 10.2. The molecule has 3 unspecified atom stereocenters. The minimum absolute atomic E-state index is 0.0792. The SMILES string of the molecule is CCO[Si](OCC)(OCC)C(C)C(CC)OCC1CO1. The van der Waals surface area contributed by atoms with Crippen LogP contribution in [0.1, 0.15) is 41.0 Å². The average Bonchev–Trinajstić information content (AvgIpc) is 3.24. The minimum Gasteiger partial charge on any atom is -0.375 e. The lowest BCUT2D eigenvalue weighted by molar-refractivity contribution is -0.000293. The molecule has 5 nitrogen and oxygen atoms in total. The standard InChI is InChI=1S/C14H30O5Si/c1-6-14(16-11-13-10-15-13)12(5)20(17-7-2,18-8-3)19-9-4/h12-14H,6-11H2,1-5H3. The molecule has 0 amide bonds. The fourth-order valence-corrected chi connectivity index (χ4v) is 5.39. The zero-order chi connectivity index (χ0) is 15.0. The fourth-order valence-electron chi connectivity index (χ4n) is 2.36. The number of epoxide rings is 1. The summed E-state index contributed by atoms with van der Waals surface area (Å²) in [5.74, 6) is 0. The van der Waals surface area contributed by atoms with Crippen LogP contribution in [0.15, 0.2) is 0 Å². The number of hydrogen-bond acceptors (Lipinski definition) is 5. The fraction of sp³-hybridized carbons (Fsp3) is 1.00. The van der Waals surface area contributed by atoms with E-state index in [4.69, 9.17) is 22.8 Å². The molecule has 0 aromatic heterocycles. The molecule has 0 aromatic carbocycles. The summed E-state index contributed by atoms with van der Waals surface area (Å²) in [6.45, 7) is 13.4. The zero-order valence-corrected chi connectivity index (χ0v) is 14.5. The van der Waals surface area contributed by atoms with Gasteiger partial charge in [0, 0.05) is 19.8 Å². The molecule has 120 valence electrons. The predicted octanol–water partition coefficient (Wildman–Crippen LogP) is 2.62. The van der Waals surface area contributed by atoms with Crippen molar-refractivity contribution in [2.45, 2.75) is 58.8 Å². The van der Waals surface area contributed by atoms with E-state index < -0.39 is 8.80 Å². The summed E-state index contributed by atoms with van der Waals surface area (Å²) >= 11 is 0. The van der Waals surface area contributed by atoms with Crippen molar-refractivity contribution in [3.63, 3.8) is 0 Å². The van der Waals surface area contributed by atoms with Gasteiger partial charge in [-0.3, -0.25) is 0 Å². The highest BCUT2D eigenvalue weighted by Crippen LogP contribution is 2.32. The smallest absolute Gasteiger partial charge is 0.375 e. The summed E-state index contributed by atoms with van der Waals surface area (Å²) in [6.07, 6.45) is 1.27. The van der Waals surface area contributed by atoms with Crippen LogP contribution in [0.4, 0.5) is 0 Å². The van der Waals surface area contributed by atoms with Gasteiger partial charge in [-0.25, -0.2) is 0 Å². The predicted molar refractivity (Wildman–Crippen MR) is 79.8 cm³/mol. The lowest BCUT2D eigenvalue weighted by Crippen LogP contribution is -2.53. The molecule has 3 atom stereocenters. The molecule has 20 heavy (non-hydrogen) atoms. The van der Waals surface area contributed by atoms with Crippen LogP contribution in [0.25, 0.3) is 0 Å². The van der Waals surface area contributed by atoms with Crippen LogP contribution >= 0.6 is 0 Å². The highest BCUT2D eigenvalue weighted by Gasteiger charge is 2.50. The molecule has 6 heteroatoms. The highest BCUT2D eigenvalue weighted by atomic mass is 28.4. The molecule has 0 bridgehead atoms. The van der Waals surface area contributed by atoms with Crippen molar-refractivity contribution in [3.05, 3.63) is 0 Å². The highest BCUT2D eigenvalue weighted by molar-refractivity contribution is 6.62. The molecule has 1 aliphatic rings. The second-order valence-electron chi connectivity index (χ2n) is 4.93. The Hall–Kier alpha value is 0.0169. The van der Waals surface area contributed by atoms with Gasteiger partial charge in [0.1, 0.15) is 6.10 Å². The summed E-state index contributed by atoms with van der Waals surface area (Å²) in [6, 6.07) is 0. The monoisotopic (exact) mass is 306 g/mol. The van der Waals surface area contributed by atoms with Crippen LogP contribution < -0.4 is 0 Å². The first-order valence-electron chi connectivity index (χ1n) is 7.78. The Morgan fingerprint density at radius 2 is 1.55 bits per heavy atom. The van der Waals surface area contributed by atoms with Crippen LogP contribution in [0.2, 0.25) is 5.54 Å². The van der Waals surface area contributed by atoms with Crippen molar-refractivity contribution in [1.82, 2.24) is 0 Å². The summed E-state index contributed by atoms with van der Waals surface area (Å²) in [4.78, 5) is 0. The van der Waals surface area contributed by atoms with Gasteiger partial charge < -0.3 is 22.8 Å². The molecule has 0 spiro atoms. The molecule has 0 saturated carbocycles. The van der Waals surface area contributed by atoms with Crippen molar-refractivity contribution >= 4 is 8.80 Å². The van der Waals surface area contributed by atoms with E-state index in [1.54, 1.807) is 0 Å². The van der Waals surface area contributed by atoms with Crippen molar-refractivity contribution in [2.24, 2.45) is 0 Å². The second-order valence-corrected chi connectivity index (χ2v) is 7.91. The van der Waals surface area contributed by atoms with Crippen molar-refractivity contribution in [2.75, 3.05) is 33.0 Å². The van der Waals surface area contributed by atoms with E-state index in [9.17, 15) is 0 Å². The third-order valence-corrected chi connectivity index (χ3v) is 7.01. The molecule has 1 heterocycles. The van der Waals surface area contributed by atoms with Gasteiger partial charge >= 0.3 is 8.80 Å². The van der Waals surface area contributed by atoms with Crippen molar-refractivity contribution in [1.29, 1.82) is 0 Å². The summed E-state index contributed by atoms with van der Waals surface area (Å²) in [5.41, 5.74) is 0.117. The molecule has 0 aromatic rings. The maximum atomic E-state index is 5.99. The Balaban J connectivity index is 2.71. The van der Waals surface area contributed by atoms with Crippen LogP contribution in [-0.2, 0) is 22.8 Å². The molecule has 0 aliphatic carbocycles. The Morgan fingerprint density at radius 3 is 1.90 bits per heavy atom. The van der Waals surface area contributed by atoms with Gasteiger partial charge in [0.15, 0.2) is 0 Å².